The van der Waals surface area contributed by atoms with Gasteiger partial charge in [0.2, 0.25) is 5.91 Å². The van der Waals surface area contributed by atoms with E-state index in [1.54, 1.807) is 0 Å². The summed E-state index contributed by atoms with van der Waals surface area (Å²) < 4.78 is 18.6. The van der Waals surface area contributed by atoms with Crippen LogP contribution in [0.3, 0.4) is 0 Å². The Balaban J connectivity index is 1.94. The molecule has 1 aromatic heterocycles. The first-order valence-electron chi connectivity index (χ1n) is 7.28. The van der Waals surface area contributed by atoms with Crippen molar-refractivity contribution in [3.8, 4) is 0 Å². The van der Waals surface area contributed by atoms with Gasteiger partial charge in [0.1, 0.15) is 11.6 Å². The average Bonchev–Trinajstić information content (AvgIpc) is 2.80. The Hall–Kier alpha value is -2.17. The van der Waals surface area contributed by atoms with Crippen molar-refractivity contribution >= 4 is 11.6 Å². The monoisotopic (exact) mass is 304 g/mol. The van der Waals surface area contributed by atoms with Gasteiger partial charge in [0.05, 0.1) is 5.69 Å². The van der Waals surface area contributed by atoms with Crippen LogP contribution in [0, 0.1) is 12.7 Å². The molecule has 0 saturated heterocycles. The molecule has 1 amide bonds. The molecule has 5 heteroatoms. The number of hydrogen-bond acceptors (Lipinski definition) is 3. The summed E-state index contributed by atoms with van der Waals surface area (Å²) in [5.74, 6) is 0.947. The van der Waals surface area contributed by atoms with Gasteiger partial charge in [0.25, 0.3) is 0 Å². The number of aromatic nitrogens is 1. The molecule has 2 rings (SSSR count). The molecule has 118 valence electrons. The first-order valence-corrected chi connectivity index (χ1v) is 7.28. The Bertz CT molecular complexity index is 654. The lowest BCUT2D eigenvalue weighted by molar-refractivity contribution is -0.116. The van der Waals surface area contributed by atoms with Crippen molar-refractivity contribution in [3.63, 3.8) is 0 Å². The van der Waals surface area contributed by atoms with Crippen LogP contribution in [0.2, 0.25) is 0 Å². The Morgan fingerprint density at radius 1 is 1.27 bits per heavy atom. The standard InChI is InChI=1S/C17H21FN2O2/c1-11-14(22-16(19-11)17(2,3)4)9-10-15(21)20-13-7-5-12(18)6-8-13/h5-8H,9-10H2,1-4H3,(H,20,21). The summed E-state index contributed by atoms with van der Waals surface area (Å²) in [5, 5.41) is 2.73. The van der Waals surface area contributed by atoms with E-state index in [2.05, 4.69) is 10.3 Å². The number of oxazole rings is 1. The summed E-state index contributed by atoms with van der Waals surface area (Å²) in [7, 11) is 0. The molecule has 22 heavy (non-hydrogen) atoms. The number of rotatable bonds is 4. The van der Waals surface area contributed by atoms with Crippen molar-refractivity contribution in [1.82, 2.24) is 4.98 Å². The lowest BCUT2D eigenvalue weighted by Crippen LogP contribution is -2.12. The number of amides is 1. The molecule has 0 aliphatic heterocycles. The highest BCUT2D eigenvalue weighted by molar-refractivity contribution is 5.90. The van der Waals surface area contributed by atoms with E-state index in [4.69, 9.17) is 4.42 Å². The number of halogens is 1. The minimum atomic E-state index is -0.329. The van der Waals surface area contributed by atoms with Crippen molar-refractivity contribution in [2.75, 3.05) is 5.32 Å². The van der Waals surface area contributed by atoms with Crippen molar-refractivity contribution < 1.29 is 13.6 Å². The van der Waals surface area contributed by atoms with Crippen LogP contribution in [0.25, 0.3) is 0 Å². The largest absolute Gasteiger partial charge is 0.445 e. The molecule has 0 radical (unpaired) electrons. The summed E-state index contributed by atoms with van der Waals surface area (Å²) in [6.45, 7) is 7.97. The fraction of sp³-hybridized carbons (Fsp3) is 0.412. The van der Waals surface area contributed by atoms with Gasteiger partial charge in [-0.05, 0) is 31.2 Å². The first kappa shape index (κ1) is 16.2. The number of benzene rings is 1. The molecule has 1 aromatic carbocycles. The molecule has 0 atom stereocenters. The topological polar surface area (TPSA) is 55.1 Å². The number of carbonyl (C=O) groups excluding carboxylic acids is 1. The van der Waals surface area contributed by atoms with Gasteiger partial charge in [-0.1, -0.05) is 20.8 Å². The molecular formula is C17H21FN2O2. The van der Waals surface area contributed by atoms with E-state index in [1.165, 1.54) is 24.3 Å². The van der Waals surface area contributed by atoms with Crippen LogP contribution in [0.4, 0.5) is 10.1 Å². The molecule has 0 aliphatic rings. The summed E-state index contributed by atoms with van der Waals surface area (Å²) in [6.07, 6.45) is 0.777. The lowest BCUT2D eigenvalue weighted by Gasteiger charge is -2.12. The highest BCUT2D eigenvalue weighted by Gasteiger charge is 2.22. The Morgan fingerprint density at radius 3 is 2.45 bits per heavy atom. The van der Waals surface area contributed by atoms with Gasteiger partial charge in [0, 0.05) is 23.9 Å². The van der Waals surface area contributed by atoms with Crippen molar-refractivity contribution in [1.29, 1.82) is 0 Å². The molecule has 0 saturated carbocycles. The van der Waals surface area contributed by atoms with E-state index < -0.39 is 0 Å². The van der Waals surface area contributed by atoms with E-state index in [-0.39, 0.29) is 23.6 Å². The maximum absolute atomic E-state index is 12.8. The predicted molar refractivity (Wildman–Crippen MR) is 83.3 cm³/mol. The van der Waals surface area contributed by atoms with Crippen molar-refractivity contribution in [3.05, 3.63) is 47.4 Å². The third-order valence-electron chi connectivity index (χ3n) is 3.24. The highest BCUT2D eigenvalue weighted by atomic mass is 19.1. The third kappa shape index (κ3) is 4.16. The summed E-state index contributed by atoms with van der Waals surface area (Å²) in [5.41, 5.74) is 1.25. The minimum Gasteiger partial charge on any atom is -0.445 e. The zero-order valence-corrected chi connectivity index (χ0v) is 13.4. The van der Waals surface area contributed by atoms with Crippen LogP contribution in [-0.2, 0) is 16.6 Å². The van der Waals surface area contributed by atoms with E-state index in [0.717, 1.165) is 11.5 Å². The number of nitrogens with zero attached hydrogens (tertiary/aromatic N) is 1. The smallest absolute Gasteiger partial charge is 0.224 e. The maximum Gasteiger partial charge on any atom is 0.224 e. The SMILES string of the molecule is Cc1nc(C(C)(C)C)oc1CCC(=O)Nc1ccc(F)cc1. The molecule has 0 bridgehead atoms. The summed E-state index contributed by atoms with van der Waals surface area (Å²) in [6, 6.07) is 5.69. The fourth-order valence-electron chi connectivity index (χ4n) is 1.96. The fourth-order valence-corrected chi connectivity index (χ4v) is 1.96. The Kier molecular flexibility index (Phi) is 4.64. The molecule has 2 aromatic rings. The lowest BCUT2D eigenvalue weighted by atomic mass is 9.97. The quantitative estimate of drug-likeness (QED) is 0.929. The molecule has 0 unspecified atom stereocenters. The van der Waals surface area contributed by atoms with Crippen LogP contribution in [0.1, 0.15) is 44.5 Å². The normalized spacial score (nSPS) is 11.5. The second-order valence-corrected chi connectivity index (χ2v) is 6.33. The third-order valence-corrected chi connectivity index (χ3v) is 3.24. The molecule has 0 fully saturated rings. The molecule has 0 aliphatic carbocycles. The van der Waals surface area contributed by atoms with Gasteiger partial charge in [0.15, 0.2) is 5.89 Å². The van der Waals surface area contributed by atoms with Crippen LogP contribution in [0.15, 0.2) is 28.7 Å². The molecule has 1 heterocycles. The van der Waals surface area contributed by atoms with Gasteiger partial charge in [-0.25, -0.2) is 9.37 Å². The van der Waals surface area contributed by atoms with Crippen LogP contribution < -0.4 is 5.32 Å². The van der Waals surface area contributed by atoms with Crippen molar-refractivity contribution in [2.24, 2.45) is 0 Å². The summed E-state index contributed by atoms with van der Waals surface area (Å²) in [4.78, 5) is 16.3. The molecule has 4 nitrogen and oxygen atoms in total. The second-order valence-electron chi connectivity index (χ2n) is 6.33. The predicted octanol–water partition coefficient (Wildman–Crippen LogP) is 3.99. The Labute approximate surface area is 129 Å². The van der Waals surface area contributed by atoms with Crippen LogP contribution in [-0.4, -0.2) is 10.9 Å². The summed E-state index contributed by atoms with van der Waals surface area (Å²) >= 11 is 0. The maximum atomic E-state index is 12.8. The van der Waals surface area contributed by atoms with E-state index in [9.17, 15) is 9.18 Å². The van der Waals surface area contributed by atoms with Crippen molar-refractivity contribution in [2.45, 2.75) is 46.0 Å². The number of aryl methyl sites for hydroxylation is 2. The van der Waals surface area contributed by atoms with Gasteiger partial charge in [-0.15, -0.1) is 0 Å². The number of carbonyl (C=O) groups is 1. The molecular weight excluding hydrogens is 283 g/mol. The average molecular weight is 304 g/mol. The van der Waals surface area contributed by atoms with E-state index >= 15 is 0 Å². The van der Waals surface area contributed by atoms with Gasteiger partial charge >= 0.3 is 0 Å². The van der Waals surface area contributed by atoms with Crippen LogP contribution in [0.5, 0.6) is 0 Å². The zero-order valence-electron chi connectivity index (χ0n) is 13.4. The first-order chi connectivity index (χ1) is 10.3. The van der Waals surface area contributed by atoms with Gasteiger partial charge in [-0.3, -0.25) is 4.79 Å². The molecule has 1 N–H and O–H groups in total. The number of anilines is 1. The number of hydrogen-bond donors (Lipinski definition) is 1. The Morgan fingerprint density at radius 2 is 1.91 bits per heavy atom. The number of nitrogens with one attached hydrogen (secondary N) is 1. The minimum absolute atomic E-state index is 0.139. The van der Waals surface area contributed by atoms with Gasteiger partial charge in [-0.2, -0.15) is 0 Å². The zero-order chi connectivity index (χ0) is 16.3. The highest BCUT2D eigenvalue weighted by Crippen LogP contribution is 2.24. The van der Waals surface area contributed by atoms with E-state index in [1.807, 2.05) is 27.7 Å². The molecule has 0 spiro atoms. The van der Waals surface area contributed by atoms with E-state index in [0.29, 0.717) is 18.0 Å². The van der Waals surface area contributed by atoms with Crippen LogP contribution >= 0.6 is 0 Å². The second kappa shape index (κ2) is 6.30. The van der Waals surface area contributed by atoms with Gasteiger partial charge < -0.3 is 9.73 Å².